The molecule has 0 spiro atoms. The molecule has 0 bridgehead atoms. The van der Waals surface area contributed by atoms with Crippen molar-refractivity contribution in [2.45, 2.75) is 39.3 Å². The first-order valence-electron chi connectivity index (χ1n) is 11.1. The number of benzene rings is 1. The van der Waals surface area contributed by atoms with Gasteiger partial charge >= 0.3 is 0 Å². The minimum atomic E-state index is -0.0711. The van der Waals surface area contributed by atoms with Crippen molar-refractivity contribution in [3.05, 3.63) is 47.0 Å². The van der Waals surface area contributed by atoms with Gasteiger partial charge in [0.25, 0.3) is 0 Å². The highest BCUT2D eigenvalue weighted by molar-refractivity contribution is 6.30. The summed E-state index contributed by atoms with van der Waals surface area (Å²) in [6, 6.07) is 9.82. The van der Waals surface area contributed by atoms with Gasteiger partial charge in [-0.1, -0.05) is 17.7 Å². The second-order valence-electron chi connectivity index (χ2n) is 8.35. The molecule has 9 heteroatoms. The molecule has 1 unspecified atom stereocenters. The number of hydrogen-bond acceptors (Lipinski definition) is 6. The Kier molecular flexibility index (Phi) is 5.72. The number of fused-ring (bicyclic) bond motifs is 1. The van der Waals surface area contributed by atoms with Crippen molar-refractivity contribution in [1.29, 1.82) is 0 Å². The van der Waals surface area contributed by atoms with Crippen molar-refractivity contribution in [2.24, 2.45) is 7.05 Å². The second-order valence-corrected chi connectivity index (χ2v) is 8.74. The smallest absolute Gasteiger partial charge is 0.166 e. The zero-order valence-corrected chi connectivity index (χ0v) is 20.0. The SMILES string of the molecule is COc1cc(-c2cc(C)n(C)n2)ccc1Nc1cc(Cl)nc2c1nc(C)n2C1CCCCO1. The van der Waals surface area contributed by atoms with Crippen LogP contribution in [0, 0.1) is 13.8 Å². The van der Waals surface area contributed by atoms with Crippen LogP contribution in [0.15, 0.2) is 30.3 Å². The Morgan fingerprint density at radius 2 is 1.97 bits per heavy atom. The van der Waals surface area contributed by atoms with E-state index in [4.69, 9.17) is 26.1 Å². The zero-order valence-electron chi connectivity index (χ0n) is 19.2. The molecule has 1 atom stereocenters. The number of aromatic nitrogens is 5. The molecule has 4 heterocycles. The number of pyridine rings is 1. The van der Waals surface area contributed by atoms with Crippen molar-refractivity contribution in [2.75, 3.05) is 19.0 Å². The van der Waals surface area contributed by atoms with E-state index in [1.165, 1.54) is 0 Å². The normalized spacial score (nSPS) is 16.3. The first-order valence-corrected chi connectivity index (χ1v) is 11.4. The van der Waals surface area contributed by atoms with Crippen LogP contribution in [0.25, 0.3) is 22.4 Å². The van der Waals surface area contributed by atoms with E-state index in [-0.39, 0.29) is 6.23 Å². The highest BCUT2D eigenvalue weighted by Gasteiger charge is 2.23. The third-order valence-electron chi connectivity index (χ3n) is 6.12. The van der Waals surface area contributed by atoms with Crippen LogP contribution in [0.2, 0.25) is 5.15 Å². The molecule has 3 aromatic heterocycles. The number of aryl methyl sites for hydroxylation is 3. The molecule has 4 aromatic rings. The van der Waals surface area contributed by atoms with Crippen LogP contribution < -0.4 is 10.1 Å². The summed E-state index contributed by atoms with van der Waals surface area (Å²) in [6.07, 6.45) is 3.07. The minimum absolute atomic E-state index is 0.0711. The standard InChI is InChI=1S/C24H27ClN6O2/c1-14-11-18(29-30(14)3)16-8-9-17(20(12-16)32-4)27-19-13-21(25)28-24-23(19)26-15(2)31(24)22-7-5-6-10-33-22/h8-9,11-13,22H,5-7,10H2,1-4H3,(H,27,28). The van der Waals surface area contributed by atoms with Crippen molar-refractivity contribution in [1.82, 2.24) is 24.3 Å². The summed E-state index contributed by atoms with van der Waals surface area (Å²) in [4.78, 5) is 9.39. The molecular formula is C24H27ClN6O2. The highest BCUT2D eigenvalue weighted by Crippen LogP contribution is 2.36. The van der Waals surface area contributed by atoms with E-state index in [1.54, 1.807) is 13.2 Å². The number of anilines is 2. The van der Waals surface area contributed by atoms with Crippen LogP contribution in [0.5, 0.6) is 5.75 Å². The average molecular weight is 467 g/mol. The molecular weight excluding hydrogens is 440 g/mol. The maximum absolute atomic E-state index is 6.43. The number of hydrogen-bond donors (Lipinski definition) is 1. The summed E-state index contributed by atoms with van der Waals surface area (Å²) in [5, 5.41) is 8.41. The van der Waals surface area contributed by atoms with E-state index < -0.39 is 0 Å². The monoisotopic (exact) mass is 466 g/mol. The maximum Gasteiger partial charge on any atom is 0.166 e. The summed E-state index contributed by atoms with van der Waals surface area (Å²) in [6.45, 7) is 4.75. The average Bonchev–Trinajstić information content (AvgIpc) is 3.32. The van der Waals surface area contributed by atoms with E-state index in [2.05, 4.69) is 26.0 Å². The van der Waals surface area contributed by atoms with Crippen LogP contribution in [0.1, 0.15) is 37.0 Å². The lowest BCUT2D eigenvalue weighted by atomic mass is 10.1. The lowest BCUT2D eigenvalue weighted by molar-refractivity contribution is -0.0309. The van der Waals surface area contributed by atoms with Crippen LogP contribution in [0.4, 0.5) is 11.4 Å². The van der Waals surface area contributed by atoms with Crippen LogP contribution in [0.3, 0.4) is 0 Å². The Labute approximate surface area is 197 Å². The Bertz CT molecular complexity index is 1300. The maximum atomic E-state index is 6.43. The van der Waals surface area contributed by atoms with Gasteiger partial charge in [0.1, 0.15) is 28.5 Å². The fourth-order valence-electron chi connectivity index (χ4n) is 4.31. The molecule has 1 aliphatic heterocycles. The number of rotatable bonds is 5. The molecule has 1 aromatic carbocycles. The largest absolute Gasteiger partial charge is 0.495 e. The van der Waals surface area contributed by atoms with E-state index in [9.17, 15) is 0 Å². The fourth-order valence-corrected chi connectivity index (χ4v) is 4.50. The van der Waals surface area contributed by atoms with Gasteiger partial charge in [0, 0.05) is 31.0 Å². The van der Waals surface area contributed by atoms with Gasteiger partial charge in [-0.25, -0.2) is 9.97 Å². The van der Waals surface area contributed by atoms with Gasteiger partial charge in [-0.2, -0.15) is 5.10 Å². The molecule has 1 saturated heterocycles. The Balaban J connectivity index is 1.53. The van der Waals surface area contributed by atoms with Crippen molar-refractivity contribution >= 4 is 34.1 Å². The van der Waals surface area contributed by atoms with Gasteiger partial charge in [-0.15, -0.1) is 0 Å². The molecule has 5 rings (SSSR count). The summed E-state index contributed by atoms with van der Waals surface area (Å²) >= 11 is 6.43. The van der Waals surface area contributed by atoms with Gasteiger partial charge in [0.15, 0.2) is 5.65 Å². The topological polar surface area (TPSA) is 79.0 Å². The molecule has 0 amide bonds. The molecule has 8 nitrogen and oxygen atoms in total. The van der Waals surface area contributed by atoms with Crippen molar-refractivity contribution in [3.8, 4) is 17.0 Å². The van der Waals surface area contributed by atoms with Gasteiger partial charge in [0.2, 0.25) is 0 Å². The van der Waals surface area contributed by atoms with Gasteiger partial charge in [-0.3, -0.25) is 9.25 Å². The number of nitrogens with one attached hydrogen (secondary N) is 1. The predicted molar refractivity (Wildman–Crippen MR) is 129 cm³/mol. The van der Waals surface area contributed by atoms with E-state index in [0.717, 1.165) is 65.5 Å². The Morgan fingerprint density at radius 3 is 2.67 bits per heavy atom. The second kappa shape index (κ2) is 8.68. The molecule has 0 aliphatic carbocycles. The first kappa shape index (κ1) is 21.7. The number of halogens is 1. The lowest BCUT2D eigenvalue weighted by Gasteiger charge is -2.25. The Hall–Kier alpha value is -3.10. The molecule has 0 radical (unpaired) electrons. The van der Waals surface area contributed by atoms with Crippen molar-refractivity contribution < 1.29 is 9.47 Å². The predicted octanol–water partition coefficient (Wildman–Crippen LogP) is 5.55. The zero-order chi connectivity index (χ0) is 23.1. The summed E-state index contributed by atoms with van der Waals surface area (Å²) < 4.78 is 15.6. The number of ether oxygens (including phenoxy) is 2. The Morgan fingerprint density at radius 1 is 1.12 bits per heavy atom. The number of methoxy groups -OCH3 is 1. The summed E-state index contributed by atoms with van der Waals surface area (Å²) in [5.41, 5.74) is 6.00. The van der Waals surface area contributed by atoms with Crippen LogP contribution in [-0.4, -0.2) is 38.0 Å². The van der Waals surface area contributed by atoms with E-state index in [0.29, 0.717) is 16.5 Å². The van der Waals surface area contributed by atoms with Crippen LogP contribution in [-0.2, 0) is 11.8 Å². The molecule has 172 valence electrons. The molecule has 1 aliphatic rings. The summed E-state index contributed by atoms with van der Waals surface area (Å²) in [7, 11) is 3.59. The third-order valence-corrected chi connectivity index (χ3v) is 6.31. The summed E-state index contributed by atoms with van der Waals surface area (Å²) in [5.74, 6) is 1.55. The molecule has 1 N–H and O–H groups in total. The minimum Gasteiger partial charge on any atom is -0.495 e. The van der Waals surface area contributed by atoms with Gasteiger partial charge in [-0.05, 0) is 51.3 Å². The van der Waals surface area contributed by atoms with Crippen LogP contribution >= 0.6 is 11.6 Å². The molecule has 0 saturated carbocycles. The van der Waals surface area contributed by atoms with E-state index >= 15 is 0 Å². The highest BCUT2D eigenvalue weighted by atomic mass is 35.5. The quantitative estimate of drug-likeness (QED) is 0.388. The molecule has 1 fully saturated rings. The fraction of sp³-hybridized carbons (Fsp3) is 0.375. The third kappa shape index (κ3) is 4.05. The van der Waals surface area contributed by atoms with Gasteiger partial charge < -0.3 is 14.8 Å². The first-order chi connectivity index (χ1) is 15.9. The van der Waals surface area contributed by atoms with Gasteiger partial charge in [0.05, 0.1) is 24.2 Å². The molecule has 33 heavy (non-hydrogen) atoms. The lowest BCUT2D eigenvalue weighted by Crippen LogP contribution is -2.19. The van der Waals surface area contributed by atoms with Crippen molar-refractivity contribution in [3.63, 3.8) is 0 Å². The van der Waals surface area contributed by atoms with E-state index in [1.807, 2.05) is 43.8 Å². The number of nitrogens with zero attached hydrogens (tertiary/aromatic N) is 5. The number of imidazole rings is 1.